The lowest BCUT2D eigenvalue weighted by Gasteiger charge is -2.03. The molecule has 0 fully saturated rings. The lowest BCUT2D eigenvalue weighted by molar-refractivity contribution is 0.563. The molecule has 0 unspecified atom stereocenters. The number of nitrogens with zero attached hydrogens (tertiary/aromatic N) is 5. The second-order valence-electron chi connectivity index (χ2n) is 3.91. The SMILES string of the molecule is CCc1cc(Cn2cc(CN)nn2)n(CC)n1. The molecule has 0 aromatic carbocycles. The predicted molar refractivity (Wildman–Crippen MR) is 64.3 cm³/mol. The first-order chi connectivity index (χ1) is 8.26. The third-order valence-electron chi connectivity index (χ3n) is 2.69. The van der Waals surface area contributed by atoms with Gasteiger partial charge in [-0.15, -0.1) is 5.10 Å². The van der Waals surface area contributed by atoms with Crippen LogP contribution in [-0.4, -0.2) is 24.8 Å². The van der Waals surface area contributed by atoms with Gasteiger partial charge >= 0.3 is 0 Å². The third kappa shape index (κ3) is 2.52. The van der Waals surface area contributed by atoms with Crippen LogP contribution in [0, 0.1) is 0 Å². The van der Waals surface area contributed by atoms with Gasteiger partial charge in [-0.2, -0.15) is 5.10 Å². The lowest BCUT2D eigenvalue weighted by Crippen LogP contribution is -2.08. The number of aromatic nitrogens is 5. The summed E-state index contributed by atoms with van der Waals surface area (Å²) >= 11 is 0. The molecule has 2 rings (SSSR count). The van der Waals surface area contributed by atoms with E-state index in [0.29, 0.717) is 13.1 Å². The van der Waals surface area contributed by atoms with Crippen molar-refractivity contribution in [3.05, 3.63) is 29.3 Å². The van der Waals surface area contributed by atoms with Gasteiger partial charge in [0.05, 0.1) is 29.8 Å². The fourth-order valence-corrected chi connectivity index (χ4v) is 1.76. The minimum Gasteiger partial charge on any atom is -0.325 e. The standard InChI is InChI=1S/C11H18N6/c1-3-9-5-11(17(4-2)14-9)8-16-7-10(6-12)13-15-16/h5,7H,3-4,6,8,12H2,1-2H3. The van der Waals surface area contributed by atoms with E-state index in [1.54, 1.807) is 4.68 Å². The van der Waals surface area contributed by atoms with Crippen LogP contribution in [0.25, 0.3) is 0 Å². The minimum absolute atomic E-state index is 0.424. The van der Waals surface area contributed by atoms with E-state index in [1.165, 1.54) is 0 Å². The van der Waals surface area contributed by atoms with Crippen LogP contribution in [0.1, 0.15) is 30.9 Å². The maximum atomic E-state index is 5.50. The van der Waals surface area contributed by atoms with Crippen LogP contribution in [0.4, 0.5) is 0 Å². The molecule has 2 heterocycles. The van der Waals surface area contributed by atoms with Crippen molar-refractivity contribution in [3.8, 4) is 0 Å². The van der Waals surface area contributed by atoms with Crippen molar-refractivity contribution in [3.63, 3.8) is 0 Å². The molecule has 0 radical (unpaired) electrons. The fraction of sp³-hybridized carbons (Fsp3) is 0.545. The van der Waals surface area contributed by atoms with Crippen LogP contribution in [0.15, 0.2) is 12.3 Å². The second-order valence-corrected chi connectivity index (χ2v) is 3.91. The van der Waals surface area contributed by atoms with Gasteiger partial charge in [0.2, 0.25) is 0 Å². The van der Waals surface area contributed by atoms with Gasteiger partial charge in [0, 0.05) is 13.1 Å². The summed E-state index contributed by atoms with van der Waals surface area (Å²) in [7, 11) is 0. The molecule has 0 bridgehead atoms. The van der Waals surface area contributed by atoms with Crippen molar-refractivity contribution >= 4 is 0 Å². The van der Waals surface area contributed by atoms with Crippen LogP contribution in [0.2, 0.25) is 0 Å². The van der Waals surface area contributed by atoms with Crippen LogP contribution in [-0.2, 0) is 26.1 Å². The molecule has 17 heavy (non-hydrogen) atoms. The molecular weight excluding hydrogens is 216 g/mol. The van der Waals surface area contributed by atoms with Crippen LogP contribution in [0.3, 0.4) is 0 Å². The highest BCUT2D eigenvalue weighted by molar-refractivity contribution is 5.11. The Hall–Kier alpha value is -1.69. The zero-order valence-electron chi connectivity index (χ0n) is 10.3. The Morgan fingerprint density at radius 3 is 2.71 bits per heavy atom. The molecule has 0 saturated heterocycles. The molecule has 0 aliphatic heterocycles. The average molecular weight is 234 g/mol. The van der Waals surface area contributed by atoms with E-state index in [1.807, 2.05) is 10.9 Å². The summed E-state index contributed by atoms with van der Waals surface area (Å²) in [5.74, 6) is 0. The number of hydrogen-bond acceptors (Lipinski definition) is 4. The van der Waals surface area contributed by atoms with Crippen LogP contribution >= 0.6 is 0 Å². The summed E-state index contributed by atoms with van der Waals surface area (Å²) < 4.78 is 3.80. The van der Waals surface area contributed by atoms with E-state index in [2.05, 4.69) is 35.3 Å². The average Bonchev–Trinajstić information content (AvgIpc) is 2.95. The summed E-state index contributed by atoms with van der Waals surface area (Å²) in [6, 6.07) is 2.12. The molecule has 6 nitrogen and oxygen atoms in total. The van der Waals surface area contributed by atoms with Crippen molar-refractivity contribution < 1.29 is 0 Å². The van der Waals surface area contributed by atoms with Gasteiger partial charge < -0.3 is 5.73 Å². The summed E-state index contributed by atoms with van der Waals surface area (Å²) in [4.78, 5) is 0. The van der Waals surface area contributed by atoms with Crippen molar-refractivity contribution in [2.75, 3.05) is 0 Å². The Bertz CT molecular complexity index is 484. The van der Waals surface area contributed by atoms with Crippen molar-refractivity contribution in [1.82, 2.24) is 24.8 Å². The highest BCUT2D eigenvalue weighted by Gasteiger charge is 2.07. The molecule has 0 amide bonds. The van der Waals surface area contributed by atoms with E-state index >= 15 is 0 Å². The maximum absolute atomic E-state index is 5.50. The number of rotatable bonds is 5. The quantitative estimate of drug-likeness (QED) is 0.820. The van der Waals surface area contributed by atoms with E-state index < -0.39 is 0 Å². The van der Waals surface area contributed by atoms with Gasteiger partial charge in [-0.25, -0.2) is 4.68 Å². The van der Waals surface area contributed by atoms with Crippen LogP contribution < -0.4 is 5.73 Å². The Balaban J connectivity index is 2.19. The summed E-state index contributed by atoms with van der Waals surface area (Å²) in [6.45, 7) is 6.17. The van der Waals surface area contributed by atoms with E-state index in [9.17, 15) is 0 Å². The predicted octanol–water partition coefficient (Wildman–Crippen LogP) is 0.564. The molecule has 6 heteroatoms. The van der Waals surface area contributed by atoms with E-state index in [4.69, 9.17) is 5.73 Å². The molecular formula is C11H18N6. The zero-order chi connectivity index (χ0) is 12.3. The molecule has 92 valence electrons. The first-order valence-electron chi connectivity index (χ1n) is 5.91. The molecule has 0 aliphatic carbocycles. The molecule has 0 atom stereocenters. The van der Waals surface area contributed by atoms with Gasteiger partial charge in [0.15, 0.2) is 0 Å². The molecule has 2 aromatic rings. The lowest BCUT2D eigenvalue weighted by atomic mass is 10.3. The Kier molecular flexibility index (Phi) is 3.53. The van der Waals surface area contributed by atoms with Gasteiger partial charge in [0.25, 0.3) is 0 Å². The summed E-state index contributed by atoms with van der Waals surface area (Å²) in [5.41, 5.74) is 8.58. The fourth-order valence-electron chi connectivity index (χ4n) is 1.76. The highest BCUT2D eigenvalue weighted by Crippen LogP contribution is 2.07. The van der Waals surface area contributed by atoms with Crippen molar-refractivity contribution in [2.45, 2.75) is 39.9 Å². The Labute approximate surface area is 100 Å². The molecule has 2 aromatic heterocycles. The summed E-state index contributed by atoms with van der Waals surface area (Å²) in [5, 5.41) is 12.5. The van der Waals surface area contributed by atoms with E-state index in [-0.39, 0.29) is 0 Å². The molecule has 0 aliphatic rings. The maximum Gasteiger partial charge on any atom is 0.0962 e. The number of nitrogens with two attached hydrogens (primary N) is 1. The van der Waals surface area contributed by atoms with Gasteiger partial charge in [-0.3, -0.25) is 4.68 Å². The molecule has 0 spiro atoms. The smallest absolute Gasteiger partial charge is 0.0962 e. The number of aryl methyl sites for hydroxylation is 2. The molecule has 0 saturated carbocycles. The Morgan fingerprint density at radius 2 is 2.12 bits per heavy atom. The topological polar surface area (TPSA) is 74.6 Å². The largest absolute Gasteiger partial charge is 0.325 e. The zero-order valence-corrected chi connectivity index (χ0v) is 10.3. The van der Waals surface area contributed by atoms with Crippen molar-refractivity contribution in [2.24, 2.45) is 5.73 Å². The monoisotopic (exact) mass is 234 g/mol. The first kappa shape index (κ1) is 11.8. The van der Waals surface area contributed by atoms with E-state index in [0.717, 1.165) is 30.0 Å². The summed E-state index contributed by atoms with van der Waals surface area (Å²) in [6.07, 6.45) is 2.82. The van der Waals surface area contributed by atoms with Crippen LogP contribution in [0.5, 0.6) is 0 Å². The number of hydrogen-bond donors (Lipinski definition) is 1. The minimum atomic E-state index is 0.424. The molecule has 2 N–H and O–H groups in total. The van der Waals surface area contributed by atoms with Gasteiger partial charge in [0.1, 0.15) is 0 Å². The van der Waals surface area contributed by atoms with Gasteiger partial charge in [-0.1, -0.05) is 12.1 Å². The Morgan fingerprint density at radius 1 is 1.29 bits per heavy atom. The van der Waals surface area contributed by atoms with Gasteiger partial charge in [-0.05, 0) is 19.4 Å². The highest BCUT2D eigenvalue weighted by atomic mass is 15.4. The normalized spacial score (nSPS) is 11.0. The first-order valence-corrected chi connectivity index (χ1v) is 5.91. The second kappa shape index (κ2) is 5.09. The van der Waals surface area contributed by atoms with Crippen molar-refractivity contribution in [1.29, 1.82) is 0 Å². The third-order valence-corrected chi connectivity index (χ3v) is 2.69.